The molecule has 0 N–H and O–H groups in total. The van der Waals surface area contributed by atoms with Crippen LogP contribution in [0, 0.1) is 0 Å². The highest BCUT2D eigenvalue weighted by molar-refractivity contribution is 9.10. The third kappa shape index (κ3) is 4.57. The van der Waals surface area contributed by atoms with E-state index in [0.717, 1.165) is 32.5 Å². The summed E-state index contributed by atoms with van der Waals surface area (Å²) >= 11 is 3.53. The van der Waals surface area contributed by atoms with Gasteiger partial charge in [-0.15, -0.1) is 0 Å². The molecule has 188 valence electrons. The molecule has 0 bridgehead atoms. The third-order valence-electron chi connectivity index (χ3n) is 6.49. The fourth-order valence-corrected chi connectivity index (χ4v) is 6.49. The molecule has 0 saturated heterocycles. The summed E-state index contributed by atoms with van der Waals surface area (Å²) in [6, 6.07) is 35.3. The Bertz CT molecular complexity index is 1720. The number of sulfonamides is 1. The van der Waals surface area contributed by atoms with Gasteiger partial charge < -0.3 is 0 Å². The molecule has 38 heavy (non-hydrogen) atoms. The Morgan fingerprint density at radius 1 is 0.763 bits per heavy atom. The minimum atomic E-state index is -3.94. The first kappa shape index (κ1) is 24.3. The van der Waals surface area contributed by atoms with Crippen molar-refractivity contribution >= 4 is 31.7 Å². The molecule has 1 aliphatic rings. The van der Waals surface area contributed by atoms with E-state index in [-0.39, 0.29) is 4.90 Å². The van der Waals surface area contributed by atoms with Crippen LogP contribution in [0.5, 0.6) is 0 Å². The van der Waals surface area contributed by atoms with Gasteiger partial charge in [-0.1, -0.05) is 94.8 Å². The Hall–Kier alpha value is -4.01. The molecule has 6 nitrogen and oxygen atoms in total. The summed E-state index contributed by atoms with van der Waals surface area (Å²) in [5, 5.41) is 9.66. The van der Waals surface area contributed by atoms with Gasteiger partial charge in [-0.3, -0.25) is 0 Å². The normalized spacial score (nSPS) is 15.4. The van der Waals surface area contributed by atoms with Crippen molar-refractivity contribution < 1.29 is 8.42 Å². The average molecular weight is 584 g/mol. The average Bonchev–Trinajstić information content (AvgIpc) is 3.60. The standard InChI is InChI=1S/C30H23BrN4O2S/c31-24-14-10-13-23(19-24)28-20-29(35(32-28)38(36,37)26-17-8-3-9-18-26)27-21-34(25-15-6-2-7-16-25)33-30(27)22-11-4-1-5-12-22/h1-19,21,29H,20H2/t29-/m0/s1. The first-order valence-corrected chi connectivity index (χ1v) is 14.4. The van der Waals surface area contributed by atoms with E-state index >= 15 is 0 Å². The molecule has 0 saturated carbocycles. The number of rotatable bonds is 6. The van der Waals surface area contributed by atoms with Crippen molar-refractivity contribution in [1.29, 1.82) is 0 Å². The van der Waals surface area contributed by atoms with Crippen LogP contribution in [0.3, 0.4) is 0 Å². The van der Waals surface area contributed by atoms with E-state index < -0.39 is 16.1 Å². The molecule has 1 aliphatic heterocycles. The fraction of sp³-hybridized carbons (Fsp3) is 0.0667. The van der Waals surface area contributed by atoms with Crippen LogP contribution in [0.4, 0.5) is 0 Å². The largest absolute Gasteiger partial charge is 0.279 e. The summed E-state index contributed by atoms with van der Waals surface area (Å²) in [5.74, 6) is 0. The van der Waals surface area contributed by atoms with Crippen molar-refractivity contribution in [3.63, 3.8) is 0 Å². The van der Waals surface area contributed by atoms with E-state index in [4.69, 9.17) is 10.2 Å². The highest BCUT2D eigenvalue weighted by Gasteiger charge is 2.40. The van der Waals surface area contributed by atoms with Gasteiger partial charge in [0.2, 0.25) is 0 Å². The number of hydrazone groups is 1. The molecule has 1 atom stereocenters. The van der Waals surface area contributed by atoms with E-state index in [9.17, 15) is 8.42 Å². The molecule has 6 rings (SSSR count). The highest BCUT2D eigenvalue weighted by Crippen LogP contribution is 2.41. The Kier molecular flexibility index (Phi) is 6.43. The zero-order valence-electron chi connectivity index (χ0n) is 20.2. The third-order valence-corrected chi connectivity index (χ3v) is 8.68. The topological polar surface area (TPSA) is 67.6 Å². The van der Waals surface area contributed by atoms with Gasteiger partial charge in [0.1, 0.15) is 0 Å². The van der Waals surface area contributed by atoms with Crippen LogP contribution < -0.4 is 0 Å². The Balaban J connectivity index is 1.53. The van der Waals surface area contributed by atoms with Crippen molar-refractivity contribution in [2.75, 3.05) is 0 Å². The summed E-state index contributed by atoms with van der Waals surface area (Å²) < 4.78 is 31.9. The zero-order chi connectivity index (χ0) is 26.1. The van der Waals surface area contributed by atoms with Crippen molar-refractivity contribution in [3.05, 3.63) is 137 Å². The lowest BCUT2D eigenvalue weighted by atomic mass is 9.97. The van der Waals surface area contributed by atoms with Gasteiger partial charge in [-0.25, -0.2) is 4.68 Å². The molecule has 2 heterocycles. The van der Waals surface area contributed by atoms with Crippen molar-refractivity contribution in [3.8, 4) is 16.9 Å². The summed E-state index contributed by atoms with van der Waals surface area (Å²) in [4.78, 5) is 0.195. The second-order valence-electron chi connectivity index (χ2n) is 8.95. The van der Waals surface area contributed by atoms with E-state index in [0.29, 0.717) is 12.1 Å². The molecule has 4 aromatic carbocycles. The lowest BCUT2D eigenvalue weighted by Crippen LogP contribution is -2.27. The predicted molar refractivity (Wildman–Crippen MR) is 153 cm³/mol. The molecular weight excluding hydrogens is 560 g/mol. The Morgan fingerprint density at radius 3 is 2.08 bits per heavy atom. The van der Waals surface area contributed by atoms with Gasteiger partial charge in [-0.2, -0.15) is 23.0 Å². The fourth-order valence-electron chi connectivity index (χ4n) is 4.65. The zero-order valence-corrected chi connectivity index (χ0v) is 22.6. The van der Waals surface area contributed by atoms with Gasteiger partial charge in [-0.05, 0) is 42.0 Å². The van der Waals surface area contributed by atoms with Crippen molar-refractivity contribution in [2.24, 2.45) is 5.10 Å². The van der Waals surface area contributed by atoms with Crippen LogP contribution in [-0.2, 0) is 10.0 Å². The Labute approximate surface area is 230 Å². The van der Waals surface area contributed by atoms with Crippen LogP contribution in [0.25, 0.3) is 16.9 Å². The van der Waals surface area contributed by atoms with Crippen LogP contribution >= 0.6 is 15.9 Å². The van der Waals surface area contributed by atoms with Gasteiger partial charge >= 0.3 is 0 Å². The minimum absolute atomic E-state index is 0.195. The van der Waals surface area contributed by atoms with E-state index in [1.165, 1.54) is 4.41 Å². The Morgan fingerprint density at radius 2 is 1.39 bits per heavy atom. The summed E-state index contributed by atoms with van der Waals surface area (Å²) in [5.41, 5.74) is 4.87. The van der Waals surface area contributed by atoms with Crippen molar-refractivity contribution in [2.45, 2.75) is 17.4 Å². The summed E-state index contributed by atoms with van der Waals surface area (Å²) in [6.45, 7) is 0. The van der Waals surface area contributed by atoms with Crippen LogP contribution in [-0.4, -0.2) is 28.3 Å². The van der Waals surface area contributed by atoms with Crippen molar-refractivity contribution in [1.82, 2.24) is 14.2 Å². The number of halogens is 1. The lowest BCUT2D eigenvalue weighted by Gasteiger charge is -2.23. The highest BCUT2D eigenvalue weighted by atomic mass is 79.9. The van der Waals surface area contributed by atoms with Crippen LogP contribution in [0.15, 0.2) is 136 Å². The molecule has 0 spiro atoms. The van der Waals surface area contributed by atoms with Gasteiger partial charge in [0, 0.05) is 28.2 Å². The predicted octanol–water partition coefficient (Wildman–Crippen LogP) is 6.84. The summed E-state index contributed by atoms with van der Waals surface area (Å²) in [6.07, 6.45) is 2.33. The molecule has 0 radical (unpaired) electrons. The molecule has 0 fully saturated rings. The number of hydrogen-bond acceptors (Lipinski definition) is 4. The number of nitrogens with zero attached hydrogens (tertiary/aromatic N) is 4. The lowest BCUT2D eigenvalue weighted by molar-refractivity contribution is 0.372. The molecule has 8 heteroatoms. The molecule has 0 unspecified atom stereocenters. The van der Waals surface area contributed by atoms with Crippen LogP contribution in [0.2, 0.25) is 0 Å². The van der Waals surface area contributed by atoms with Gasteiger partial charge in [0.25, 0.3) is 10.0 Å². The second-order valence-corrected chi connectivity index (χ2v) is 11.7. The molecule has 1 aromatic heterocycles. The maximum absolute atomic E-state index is 14.0. The van der Waals surface area contributed by atoms with E-state index in [2.05, 4.69) is 15.9 Å². The summed E-state index contributed by atoms with van der Waals surface area (Å²) in [7, 11) is -3.94. The monoisotopic (exact) mass is 582 g/mol. The van der Waals surface area contributed by atoms with E-state index in [1.807, 2.05) is 95.8 Å². The smallest absolute Gasteiger partial charge is 0.240 e. The first-order valence-electron chi connectivity index (χ1n) is 12.1. The molecule has 5 aromatic rings. The quantitative estimate of drug-likeness (QED) is 0.220. The maximum atomic E-state index is 14.0. The number of hydrogen-bond donors (Lipinski definition) is 0. The molecule has 0 amide bonds. The SMILES string of the molecule is O=S(=O)(c1ccccc1)N1N=C(c2cccc(Br)c2)C[C@H]1c1cn(-c2ccccc2)nc1-c1ccccc1. The van der Waals surface area contributed by atoms with Gasteiger partial charge in [0.05, 0.1) is 28.0 Å². The maximum Gasteiger partial charge on any atom is 0.279 e. The minimum Gasteiger partial charge on any atom is -0.240 e. The molecular formula is C30H23BrN4O2S. The number of aromatic nitrogens is 2. The molecule has 0 aliphatic carbocycles. The van der Waals surface area contributed by atoms with E-state index in [1.54, 1.807) is 30.3 Å². The first-order chi connectivity index (χ1) is 18.5. The van der Waals surface area contributed by atoms with Crippen LogP contribution in [0.1, 0.15) is 23.6 Å². The number of para-hydroxylation sites is 1. The second kappa shape index (κ2) is 10.0. The van der Waals surface area contributed by atoms with Gasteiger partial charge in [0.15, 0.2) is 0 Å². The number of benzene rings is 4.